The van der Waals surface area contributed by atoms with Crippen LogP contribution in [0.15, 0.2) is 47.5 Å². The lowest BCUT2D eigenvalue weighted by Gasteiger charge is -2.12. The van der Waals surface area contributed by atoms with Crippen molar-refractivity contribution in [2.24, 2.45) is 0 Å². The van der Waals surface area contributed by atoms with Crippen molar-refractivity contribution in [2.75, 3.05) is 14.2 Å². The summed E-state index contributed by atoms with van der Waals surface area (Å²) in [6, 6.07) is 9.96. The molecule has 23 heavy (non-hydrogen) atoms. The molecule has 0 fully saturated rings. The van der Waals surface area contributed by atoms with Crippen molar-refractivity contribution in [3.63, 3.8) is 0 Å². The van der Waals surface area contributed by atoms with Crippen LogP contribution in [0.1, 0.15) is 5.56 Å². The van der Waals surface area contributed by atoms with Crippen LogP contribution in [0.25, 0.3) is 16.6 Å². The molecule has 118 valence electrons. The third-order valence-corrected chi connectivity index (χ3v) is 3.66. The topological polar surface area (TPSA) is 53.4 Å². The van der Waals surface area contributed by atoms with Crippen molar-refractivity contribution >= 4 is 10.9 Å². The second-order valence-corrected chi connectivity index (χ2v) is 4.93. The zero-order valence-corrected chi connectivity index (χ0v) is 12.7. The minimum atomic E-state index is -0.713. The van der Waals surface area contributed by atoms with Crippen LogP contribution in [0.2, 0.25) is 0 Å². The van der Waals surface area contributed by atoms with E-state index in [1.165, 1.54) is 25.1 Å². The molecule has 0 N–H and O–H groups in total. The second kappa shape index (κ2) is 6.08. The molecule has 0 bridgehead atoms. The Balaban J connectivity index is 2.24. The first-order valence-corrected chi connectivity index (χ1v) is 6.96. The molecule has 0 spiro atoms. The Hall–Kier alpha value is -2.89. The number of methoxy groups -OCH3 is 2. The van der Waals surface area contributed by atoms with E-state index in [9.17, 15) is 9.18 Å². The minimum absolute atomic E-state index is 0.284. The van der Waals surface area contributed by atoms with Crippen molar-refractivity contribution in [1.82, 2.24) is 9.55 Å². The predicted molar refractivity (Wildman–Crippen MR) is 85.3 cm³/mol. The molecule has 0 aliphatic rings. The average Bonchev–Trinajstić information content (AvgIpc) is 2.61. The maximum Gasteiger partial charge on any atom is 0.265 e. The Morgan fingerprint density at radius 3 is 2.48 bits per heavy atom. The summed E-state index contributed by atoms with van der Waals surface area (Å²) in [7, 11) is 3.04. The van der Waals surface area contributed by atoms with Gasteiger partial charge in [0.05, 0.1) is 30.8 Å². The maximum atomic E-state index is 13.3. The molecule has 6 heteroatoms. The summed E-state index contributed by atoms with van der Waals surface area (Å²) in [6.07, 6.45) is 1.40. The normalized spacial score (nSPS) is 10.7. The number of hydrogen-bond donors (Lipinski definition) is 0. The zero-order chi connectivity index (χ0) is 16.4. The molecule has 0 saturated carbocycles. The fraction of sp³-hybridized carbons (Fsp3) is 0.176. The molecule has 0 amide bonds. The summed E-state index contributed by atoms with van der Waals surface area (Å²) in [4.78, 5) is 17.0. The molecule has 0 unspecified atom stereocenters. The number of nitrogens with zero attached hydrogens (tertiary/aromatic N) is 2. The number of rotatable bonds is 4. The van der Waals surface area contributed by atoms with Gasteiger partial charge in [0.1, 0.15) is 24.5 Å². The lowest BCUT2D eigenvalue weighted by atomic mass is 10.1. The van der Waals surface area contributed by atoms with Crippen LogP contribution in [-0.2, 0) is 6.67 Å². The van der Waals surface area contributed by atoms with E-state index in [0.717, 1.165) is 0 Å². The van der Waals surface area contributed by atoms with Gasteiger partial charge in [-0.2, -0.15) is 0 Å². The van der Waals surface area contributed by atoms with Crippen LogP contribution in [0, 0.1) is 0 Å². The molecule has 2 aromatic carbocycles. The smallest absolute Gasteiger partial charge is 0.265 e. The Labute approximate surface area is 131 Å². The van der Waals surface area contributed by atoms with Crippen LogP contribution in [0.5, 0.6) is 11.5 Å². The lowest BCUT2D eigenvalue weighted by Crippen LogP contribution is -2.20. The van der Waals surface area contributed by atoms with Gasteiger partial charge >= 0.3 is 0 Å². The van der Waals surface area contributed by atoms with Crippen molar-refractivity contribution in [3.8, 4) is 17.2 Å². The van der Waals surface area contributed by atoms with Crippen molar-refractivity contribution in [2.45, 2.75) is 6.67 Å². The Bertz CT molecular complexity index is 921. The fourth-order valence-corrected chi connectivity index (χ4v) is 2.43. The summed E-state index contributed by atoms with van der Waals surface area (Å²) in [6.45, 7) is -0.713. The van der Waals surface area contributed by atoms with Gasteiger partial charge in [0.15, 0.2) is 0 Å². The number of benzene rings is 2. The largest absolute Gasteiger partial charge is 0.497 e. The Morgan fingerprint density at radius 2 is 1.78 bits per heavy atom. The van der Waals surface area contributed by atoms with E-state index in [2.05, 4.69) is 4.98 Å². The maximum absolute atomic E-state index is 13.3. The first kappa shape index (κ1) is 15.0. The molecule has 1 aromatic heterocycles. The van der Waals surface area contributed by atoms with Crippen molar-refractivity contribution in [3.05, 3.63) is 58.6 Å². The van der Waals surface area contributed by atoms with E-state index in [1.807, 2.05) is 0 Å². The molecule has 0 saturated heterocycles. The molecule has 5 nitrogen and oxygen atoms in total. The third kappa shape index (κ3) is 2.63. The Morgan fingerprint density at radius 1 is 1.09 bits per heavy atom. The molecule has 3 aromatic rings. The molecular weight excluding hydrogens is 299 g/mol. The van der Waals surface area contributed by atoms with Gasteiger partial charge in [0.25, 0.3) is 5.56 Å². The Kier molecular flexibility index (Phi) is 3.97. The number of hydrogen-bond acceptors (Lipinski definition) is 4. The third-order valence-electron chi connectivity index (χ3n) is 3.66. The monoisotopic (exact) mass is 314 g/mol. The van der Waals surface area contributed by atoms with E-state index in [4.69, 9.17) is 9.47 Å². The SMILES string of the molecule is COc1ccc(-n2cnc3ccc(OC)cc3c2=O)c(CF)c1. The molecule has 1 heterocycles. The van der Waals surface area contributed by atoms with Gasteiger partial charge in [-0.15, -0.1) is 0 Å². The summed E-state index contributed by atoms with van der Waals surface area (Å²) in [5.74, 6) is 1.10. The van der Waals surface area contributed by atoms with Gasteiger partial charge in [-0.3, -0.25) is 9.36 Å². The first-order chi connectivity index (χ1) is 11.2. The number of aromatic nitrogens is 2. The van der Waals surface area contributed by atoms with E-state index in [-0.39, 0.29) is 5.56 Å². The minimum Gasteiger partial charge on any atom is -0.497 e. The van der Waals surface area contributed by atoms with Crippen LogP contribution < -0.4 is 15.0 Å². The lowest BCUT2D eigenvalue weighted by molar-refractivity contribution is 0.411. The van der Waals surface area contributed by atoms with Gasteiger partial charge in [-0.25, -0.2) is 9.37 Å². The van der Waals surface area contributed by atoms with E-state index in [0.29, 0.717) is 33.7 Å². The first-order valence-electron chi connectivity index (χ1n) is 6.96. The highest BCUT2D eigenvalue weighted by Gasteiger charge is 2.11. The molecule has 3 rings (SSSR count). The van der Waals surface area contributed by atoms with Crippen LogP contribution >= 0.6 is 0 Å². The van der Waals surface area contributed by atoms with E-state index >= 15 is 0 Å². The molecular formula is C17H15FN2O3. The standard InChI is InChI=1S/C17H15FN2O3/c1-22-12-4-6-16(11(7-12)9-18)20-10-19-15-5-3-13(23-2)8-14(15)17(20)21/h3-8,10H,9H2,1-2H3. The highest BCUT2D eigenvalue weighted by Crippen LogP contribution is 2.22. The van der Waals surface area contributed by atoms with Gasteiger partial charge in [-0.05, 0) is 36.4 Å². The fourth-order valence-electron chi connectivity index (χ4n) is 2.43. The number of halogens is 1. The van der Waals surface area contributed by atoms with Crippen LogP contribution in [0.3, 0.4) is 0 Å². The van der Waals surface area contributed by atoms with Crippen LogP contribution in [0.4, 0.5) is 4.39 Å². The average molecular weight is 314 g/mol. The summed E-state index contributed by atoms with van der Waals surface area (Å²) in [5.41, 5.74) is 1.07. The summed E-state index contributed by atoms with van der Waals surface area (Å²) in [5, 5.41) is 0.410. The van der Waals surface area contributed by atoms with Crippen molar-refractivity contribution < 1.29 is 13.9 Å². The molecule has 0 aliphatic heterocycles. The predicted octanol–water partition coefficient (Wildman–Crippen LogP) is 2.87. The second-order valence-electron chi connectivity index (χ2n) is 4.93. The zero-order valence-electron chi connectivity index (χ0n) is 12.7. The van der Waals surface area contributed by atoms with Crippen molar-refractivity contribution in [1.29, 1.82) is 0 Å². The number of ether oxygens (including phenoxy) is 2. The van der Waals surface area contributed by atoms with Crippen LogP contribution in [-0.4, -0.2) is 23.8 Å². The quantitative estimate of drug-likeness (QED) is 0.743. The van der Waals surface area contributed by atoms with Gasteiger partial charge in [0, 0.05) is 5.56 Å². The molecule has 0 atom stereocenters. The highest BCUT2D eigenvalue weighted by molar-refractivity contribution is 5.79. The number of fused-ring (bicyclic) bond motifs is 1. The number of alkyl halides is 1. The highest BCUT2D eigenvalue weighted by atomic mass is 19.1. The van der Waals surface area contributed by atoms with Gasteiger partial charge in [-0.1, -0.05) is 0 Å². The van der Waals surface area contributed by atoms with E-state index < -0.39 is 6.67 Å². The van der Waals surface area contributed by atoms with Gasteiger partial charge in [0.2, 0.25) is 0 Å². The molecule has 0 radical (unpaired) electrons. The summed E-state index contributed by atoms with van der Waals surface area (Å²) >= 11 is 0. The van der Waals surface area contributed by atoms with Gasteiger partial charge < -0.3 is 9.47 Å². The summed E-state index contributed by atoms with van der Waals surface area (Å²) < 4.78 is 24.9. The molecule has 0 aliphatic carbocycles. The van der Waals surface area contributed by atoms with E-state index in [1.54, 1.807) is 36.4 Å².